The van der Waals surface area contributed by atoms with E-state index in [0.717, 1.165) is 37.6 Å². The van der Waals surface area contributed by atoms with Crippen molar-refractivity contribution in [3.05, 3.63) is 76.4 Å². The van der Waals surface area contributed by atoms with Gasteiger partial charge in [0.1, 0.15) is 0 Å². The zero-order valence-corrected chi connectivity index (χ0v) is 15.8. The summed E-state index contributed by atoms with van der Waals surface area (Å²) < 4.78 is 41.0. The first-order valence-electron chi connectivity index (χ1n) is 9.65. The first-order valence-corrected chi connectivity index (χ1v) is 9.65. The molecule has 3 nitrogen and oxygen atoms in total. The summed E-state index contributed by atoms with van der Waals surface area (Å²) in [5.41, 5.74) is 0.852. The van der Waals surface area contributed by atoms with Crippen molar-refractivity contribution in [2.75, 3.05) is 18.0 Å². The van der Waals surface area contributed by atoms with Crippen LogP contribution in [0.1, 0.15) is 39.9 Å². The van der Waals surface area contributed by atoms with Crippen LogP contribution in [0.2, 0.25) is 0 Å². The number of anilines is 1. The van der Waals surface area contributed by atoms with Gasteiger partial charge in [-0.25, -0.2) is 0 Å². The van der Waals surface area contributed by atoms with E-state index in [2.05, 4.69) is 0 Å². The lowest BCUT2D eigenvalue weighted by molar-refractivity contribution is -0.138. The smallest absolute Gasteiger partial charge is 0.372 e. The Hall–Kier alpha value is -2.89. The molecule has 1 saturated heterocycles. The average Bonchev–Trinajstić information content (AvgIpc) is 3.22. The fraction of sp³-hybridized carbons (Fsp3) is 0.304. The van der Waals surface area contributed by atoms with Crippen molar-refractivity contribution in [1.82, 2.24) is 0 Å². The van der Waals surface area contributed by atoms with Crippen LogP contribution in [0.3, 0.4) is 0 Å². The molecular weight excluding hydrogens is 379 g/mol. The molecule has 0 radical (unpaired) electrons. The van der Waals surface area contributed by atoms with E-state index in [1.807, 2.05) is 17.0 Å². The normalized spacial score (nSPS) is 16.6. The van der Waals surface area contributed by atoms with E-state index in [-0.39, 0.29) is 11.1 Å². The average molecular weight is 399 g/mol. The maximum Gasteiger partial charge on any atom is 0.416 e. The largest absolute Gasteiger partial charge is 0.416 e. The van der Waals surface area contributed by atoms with Gasteiger partial charge in [0.15, 0.2) is 11.6 Å². The van der Waals surface area contributed by atoms with Crippen LogP contribution >= 0.6 is 0 Å². The number of rotatable bonds is 4. The minimum absolute atomic E-state index is 0.0274. The molecule has 29 heavy (non-hydrogen) atoms. The summed E-state index contributed by atoms with van der Waals surface area (Å²) in [5.74, 6) is -0.997. The number of allylic oxidation sites excluding steroid dienone is 2. The number of nitrogens with zero attached hydrogens (tertiary/aromatic N) is 1. The number of alkyl halides is 3. The summed E-state index contributed by atoms with van der Waals surface area (Å²) in [7, 11) is 0. The molecule has 2 aromatic carbocycles. The standard InChI is InChI=1S/C23H20F3NO2/c24-23(25,26)20-14-17(27-11-3-4-12-27)9-7-16(20)13-21(28)19-10-8-15-5-1-2-6-18(15)22(19)29/h1-2,5-7,9-10,14H,3-4,8,11-13H2. The Balaban J connectivity index is 1.61. The molecule has 0 aromatic heterocycles. The fourth-order valence-electron chi connectivity index (χ4n) is 4.03. The van der Waals surface area contributed by atoms with Crippen molar-refractivity contribution in [2.45, 2.75) is 31.9 Å². The molecule has 150 valence electrons. The number of hydrogen-bond acceptors (Lipinski definition) is 3. The van der Waals surface area contributed by atoms with Crippen molar-refractivity contribution in [1.29, 1.82) is 0 Å². The van der Waals surface area contributed by atoms with Gasteiger partial charge in [-0.3, -0.25) is 9.59 Å². The lowest BCUT2D eigenvalue weighted by Gasteiger charge is -2.21. The molecule has 1 aliphatic carbocycles. The van der Waals surface area contributed by atoms with Crippen molar-refractivity contribution in [2.24, 2.45) is 0 Å². The minimum Gasteiger partial charge on any atom is -0.372 e. The van der Waals surface area contributed by atoms with E-state index in [9.17, 15) is 22.8 Å². The van der Waals surface area contributed by atoms with Gasteiger partial charge in [0.25, 0.3) is 0 Å². The highest BCUT2D eigenvalue weighted by atomic mass is 19.4. The van der Waals surface area contributed by atoms with Gasteiger partial charge < -0.3 is 4.90 Å². The number of Topliss-reactive ketones (excluding diaryl/α,β-unsaturated/α-hetero) is 2. The molecular formula is C23H20F3NO2. The molecule has 0 spiro atoms. The maximum atomic E-state index is 13.7. The topological polar surface area (TPSA) is 37.4 Å². The summed E-state index contributed by atoms with van der Waals surface area (Å²) >= 11 is 0. The maximum absolute atomic E-state index is 13.7. The van der Waals surface area contributed by atoms with Gasteiger partial charge in [-0.2, -0.15) is 13.2 Å². The van der Waals surface area contributed by atoms with Crippen LogP contribution in [0.5, 0.6) is 0 Å². The molecule has 4 rings (SSSR count). The van der Waals surface area contributed by atoms with Gasteiger partial charge in [0, 0.05) is 30.8 Å². The highest BCUT2D eigenvalue weighted by Gasteiger charge is 2.35. The first kappa shape index (κ1) is 19.4. The number of carbonyl (C=O) groups is 2. The van der Waals surface area contributed by atoms with E-state index in [1.165, 1.54) is 12.1 Å². The van der Waals surface area contributed by atoms with Crippen LogP contribution < -0.4 is 4.90 Å². The SMILES string of the molecule is O=C(Cc1ccc(N2CCCC2)cc1C(F)(F)F)C1=CCc2ccccc2C1=O. The Kier molecular flexibility index (Phi) is 5.03. The van der Waals surface area contributed by atoms with Gasteiger partial charge in [0.2, 0.25) is 0 Å². The number of hydrogen-bond donors (Lipinski definition) is 0. The Morgan fingerprint density at radius 3 is 2.48 bits per heavy atom. The second-order valence-electron chi connectivity index (χ2n) is 7.44. The summed E-state index contributed by atoms with van der Waals surface area (Å²) in [6, 6.07) is 11.1. The van der Waals surface area contributed by atoms with Crippen LogP contribution in [0, 0.1) is 0 Å². The van der Waals surface area contributed by atoms with Crippen molar-refractivity contribution in [3.8, 4) is 0 Å². The molecule has 1 heterocycles. The fourth-order valence-corrected chi connectivity index (χ4v) is 4.03. The van der Waals surface area contributed by atoms with Gasteiger partial charge in [-0.05, 0) is 42.5 Å². The number of fused-ring (bicyclic) bond motifs is 1. The third-order valence-corrected chi connectivity index (χ3v) is 5.55. The summed E-state index contributed by atoms with van der Waals surface area (Å²) in [6.45, 7) is 1.47. The number of ketones is 2. The summed E-state index contributed by atoms with van der Waals surface area (Å²) in [6.07, 6.45) is -1.15. The van der Waals surface area contributed by atoms with Crippen LogP contribution in [0.4, 0.5) is 18.9 Å². The lowest BCUT2D eigenvalue weighted by Crippen LogP contribution is -2.22. The predicted octanol–water partition coefficient (Wildman–Crippen LogP) is 4.78. The zero-order chi connectivity index (χ0) is 20.6. The van der Waals surface area contributed by atoms with E-state index in [0.29, 0.717) is 17.7 Å². The highest BCUT2D eigenvalue weighted by molar-refractivity contribution is 6.27. The van der Waals surface area contributed by atoms with E-state index < -0.39 is 29.7 Å². The Labute approximate surface area is 166 Å². The quantitative estimate of drug-likeness (QED) is 0.695. The zero-order valence-electron chi connectivity index (χ0n) is 15.8. The predicted molar refractivity (Wildman–Crippen MR) is 104 cm³/mol. The number of carbonyl (C=O) groups excluding carboxylic acids is 2. The van der Waals surface area contributed by atoms with Gasteiger partial charge in [-0.1, -0.05) is 36.4 Å². The molecule has 0 saturated carbocycles. The Morgan fingerprint density at radius 1 is 1.03 bits per heavy atom. The van der Waals surface area contributed by atoms with Crippen LogP contribution in [0.15, 0.2) is 54.1 Å². The number of halogens is 3. The van der Waals surface area contributed by atoms with Crippen LogP contribution in [-0.4, -0.2) is 24.7 Å². The first-order chi connectivity index (χ1) is 13.8. The third-order valence-electron chi connectivity index (χ3n) is 5.55. The van der Waals surface area contributed by atoms with E-state index in [4.69, 9.17) is 0 Å². The van der Waals surface area contributed by atoms with Gasteiger partial charge >= 0.3 is 6.18 Å². The van der Waals surface area contributed by atoms with E-state index in [1.54, 1.807) is 18.2 Å². The monoisotopic (exact) mass is 399 g/mol. The molecule has 0 atom stereocenters. The van der Waals surface area contributed by atoms with Gasteiger partial charge in [-0.15, -0.1) is 0 Å². The molecule has 0 amide bonds. The second-order valence-corrected chi connectivity index (χ2v) is 7.44. The Morgan fingerprint density at radius 2 is 1.76 bits per heavy atom. The van der Waals surface area contributed by atoms with Crippen LogP contribution in [0.25, 0.3) is 0 Å². The highest BCUT2D eigenvalue weighted by Crippen LogP contribution is 2.36. The van der Waals surface area contributed by atoms with Gasteiger partial charge in [0.05, 0.1) is 11.1 Å². The van der Waals surface area contributed by atoms with E-state index >= 15 is 0 Å². The van der Waals surface area contributed by atoms with Crippen molar-refractivity contribution < 1.29 is 22.8 Å². The summed E-state index contributed by atoms with van der Waals surface area (Å²) in [5, 5.41) is 0. The lowest BCUT2D eigenvalue weighted by atomic mass is 9.86. The molecule has 0 unspecified atom stereocenters. The Bertz CT molecular complexity index is 1000. The molecule has 1 aliphatic heterocycles. The molecule has 0 N–H and O–H groups in total. The van der Waals surface area contributed by atoms with Crippen LogP contribution in [-0.2, 0) is 23.8 Å². The summed E-state index contributed by atoms with van der Waals surface area (Å²) in [4.78, 5) is 27.3. The van der Waals surface area contributed by atoms with Crippen molar-refractivity contribution >= 4 is 17.3 Å². The molecule has 1 fully saturated rings. The molecule has 0 bridgehead atoms. The minimum atomic E-state index is -4.57. The van der Waals surface area contributed by atoms with Crippen molar-refractivity contribution in [3.63, 3.8) is 0 Å². The second kappa shape index (κ2) is 7.50. The third kappa shape index (κ3) is 3.84. The molecule has 2 aliphatic rings. The molecule has 6 heteroatoms. The number of benzene rings is 2. The molecule has 2 aromatic rings.